The first kappa shape index (κ1) is 13.4. The largest absolute Gasteiger partial charge is 0.477 e. The van der Waals surface area contributed by atoms with Crippen molar-refractivity contribution in [2.45, 2.75) is 12.8 Å². The highest BCUT2D eigenvalue weighted by molar-refractivity contribution is 7.80. The third kappa shape index (κ3) is 3.99. The van der Waals surface area contributed by atoms with E-state index in [1.165, 1.54) is 5.56 Å². The molecule has 2 aromatic heterocycles. The highest BCUT2D eigenvalue weighted by Gasteiger charge is 2.06. The summed E-state index contributed by atoms with van der Waals surface area (Å²) in [6.45, 7) is 0.578. The minimum atomic E-state index is 0.303. The van der Waals surface area contributed by atoms with Crippen LogP contribution < -0.4 is 10.5 Å². The number of hydrogen-bond acceptors (Lipinski definition) is 4. The molecule has 0 unspecified atom stereocenters. The number of aromatic nitrogens is 2. The lowest BCUT2D eigenvalue weighted by molar-refractivity contribution is 0.299. The number of aryl methyl sites for hydroxylation is 1. The second-order valence-electron chi connectivity index (χ2n) is 4.03. The van der Waals surface area contributed by atoms with Crippen molar-refractivity contribution < 1.29 is 4.74 Å². The van der Waals surface area contributed by atoms with Crippen LogP contribution in [0, 0.1) is 0 Å². The van der Waals surface area contributed by atoms with Gasteiger partial charge in [-0.1, -0.05) is 12.2 Å². The standard InChI is InChI=1S/C14H15N3OS/c15-13(19)12-4-1-7-17-14(12)18-10-2-3-11-5-8-16-9-6-11/h1,4-9H,2-3,10H2,(H2,15,19). The van der Waals surface area contributed by atoms with Crippen molar-refractivity contribution in [3.05, 3.63) is 54.0 Å². The molecule has 2 rings (SSSR count). The minimum absolute atomic E-state index is 0.303. The zero-order chi connectivity index (χ0) is 13.5. The quantitative estimate of drug-likeness (QED) is 0.645. The van der Waals surface area contributed by atoms with E-state index in [9.17, 15) is 0 Å². The highest BCUT2D eigenvalue weighted by Crippen LogP contribution is 2.14. The van der Waals surface area contributed by atoms with Crippen molar-refractivity contribution in [1.29, 1.82) is 0 Å². The van der Waals surface area contributed by atoms with Gasteiger partial charge in [-0.15, -0.1) is 0 Å². The van der Waals surface area contributed by atoms with Crippen LogP contribution >= 0.6 is 12.2 Å². The van der Waals surface area contributed by atoms with Gasteiger partial charge < -0.3 is 10.5 Å². The maximum Gasteiger partial charge on any atom is 0.223 e. The Hall–Kier alpha value is -2.01. The van der Waals surface area contributed by atoms with E-state index in [2.05, 4.69) is 9.97 Å². The van der Waals surface area contributed by atoms with Gasteiger partial charge in [-0.3, -0.25) is 4.98 Å². The Morgan fingerprint density at radius 1 is 1.21 bits per heavy atom. The molecular weight excluding hydrogens is 258 g/mol. The summed E-state index contributed by atoms with van der Waals surface area (Å²) in [4.78, 5) is 8.43. The van der Waals surface area contributed by atoms with Crippen molar-refractivity contribution in [3.8, 4) is 5.88 Å². The first-order chi connectivity index (χ1) is 9.27. The number of nitrogens with two attached hydrogens (primary N) is 1. The van der Waals surface area contributed by atoms with E-state index in [4.69, 9.17) is 22.7 Å². The van der Waals surface area contributed by atoms with E-state index in [-0.39, 0.29) is 0 Å². The summed E-state index contributed by atoms with van der Waals surface area (Å²) in [7, 11) is 0. The molecule has 4 nitrogen and oxygen atoms in total. The summed E-state index contributed by atoms with van der Waals surface area (Å²) in [5, 5.41) is 0. The van der Waals surface area contributed by atoms with E-state index >= 15 is 0 Å². The van der Waals surface area contributed by atoms with Gasteiger partial charge in [0.1, 0.15) is 4.99 Å². The molecule has 0 aliphatic heterocycles. The van der Waals surface area contributed by atoms with Crippen LogP contribution in [0.5, 0.6) is 5.88 Å². The van der Waals surface area contributed by atoms with Crippen LogP contribution in [0.2, 0.25) is 0 Å². The molecule has 0 saturated carbocycles. The van der Waals surface area contributed by atoms with E-state index < -0.39 is 0 Å². The lowest BCUT2D eigenvalue weighted by Crippen LogP contribution is -2.13. The number of pyridine rings is 2. The van der Waals surface area contributed by atoms with Gasteiger partial charge in [0, 0.05) is 18.6 Å². The van der Waals surface area contributed by atoms with Gasteiger partial charge in [-0.2, -0.15) is 0 Å². The van der Waals surface area contributed by atoms with Crippen LogP contribution in [0.15, 0.2) is 42.9 Å². The fourth-order valence-electron chi connectivity index (χ4n) is 1.69. The zero-order valence-corrected chi connectivity index (χ0v) is 11.3. The number of nitrogens with zero attached hydrogens (tertiary/aromatic N) is 2. The van der Waals surface area contributed by atoms with Gasteiger partial charge >= 0.3 is 0 Å². The molecule has 98 valence electrons. The second kappa shape index (κ2) is 6.80. The second-order valence-corrected chi connectivity index (χ2v) is 4.47. The molecule has 19 heavy (non-hydrogen) atoms. The first-order valence-electron chi connectivity index (χ1n) is 6.04. The predicted molar refractivity (Wildman–Crippen MR) is 78.2 cm³/mol. The van der Waals surface area contributed by atoms with Gasteiger partial charge in [-0.05, 0) is 42.7 Å². The third-order valence-corrected chi connectivity index (χ3v) is 2.85. The highest BCUT2D eigenvalue weighted by atomic mass is 32.1. The van der Waals surface area contributed by atoms with Crippen LogP contribution in [0.3, 0.4) is 0 Å². The molecule has 0 spiro atoms. The third-order valence-electron chi connectivity index (χ3n) is 2.63. The van der Waals surface area contributed by atoms with Gasteiger partial charge in [-0.25, -0.2) is 4.98 Å². The molecule has 0 atom stereocenters. The number of rotatable bonds is 6. The molecular formula is C14H15N3OS. The SMILES string of the molecule is NC(=S)c1cccnc1OCCCc1ccncc1. The van der Waals surface area contributed by atoms with Crippen LogP contribution in [0.25, 0.3) is 0 Å². The molecule has 0 radical (unpaired) electrons. The normalized spacial score (nSPS) is 10.1. The van der Waals surface area contributed by atoms with E-state index in [0.717, 1.165) is 12.8 Å². The molecule has 0 saturated heterocycles. The van der Waals surface area contributed by atoms with Crippen molar-refractivity contribution in [3.63, 3.8) is 0 Å². The first-order valence-corrected chi connectivity index (χ1v) is 6.44. The van der Waals surface area contributed by atoms with Crippen molar-refractivity contribution in [1.82, 2.24) is 9.97 Å². The van der Waals surface area contributed by atoms with Gasteiger partial charge in [0.25, 0.3) is 0 Å². The monoisotopic (exact) mass is 273 g/mol. The average Bonchev–Trinajstić information content (AvgIpc) is 2.45. The van der Waals surface area contributed by atoms with Crippen molar-refractivity contribution >= 4 is 17.2 Å². The van der Waals surface area contributed by atoms with Crippen LogP contribution in [-0.4, -0.2) is 21.6 Å². The molecule has 2 heterocycles. The molecule has 0 amide bonds. The minimum Gasteiger partial charge on any atom is -0.477 e. The Balaban J connectivity index is 1.85. The van der Waals surface area contributed by atoms with Crippen LogP contribution in [-0.2, 0) is 6.42 Å². The summed E-state index contributed by atoms with van der Waals surface area (Å²) >= 11 is 4.96. The van der Waals surface area contributed by atoms with Gasteiger partial charge in [0.2, 0.25) is 5.88 Å². The molecule has 2 N–H and O–H groups in total. The molecule has 0 aliphatic carbocycles. The summed E-state index contributed by atoms with van der Waals surface area (Å²) < 4.78 is 5.63. The lowest BCUT2D eigenvalue weighted by atomic mass is 10.1. The smallest absolute Gasteiger partial charge is 0.223 e. The number of thiocarbonyl (C=S) groups is 1. The Kier molecular flexibility index (Phi) is 4.80. The Morgan fingerprint density at radius 2 is 2.00 bits per heavy atom. The maximum absolute atomic E-state index is 5.63. The predicted octanol–water partition coefficient (Wildman–Crippen LogP) is 2.12. The molecule has 0 aliphatic rings. The molecule has 0 aromatic carbocycles. The Labute approximate surface area is 117 Å². The molecule has 0 fully saturated rings. The molecule has 5 heteroatoms. The molecule has 0 bridgehead atoms. The van der Waals surface area contributed by atoms with Gasteiger partial charge in [0.05, 0.1) is 12.2 Å². The Bertz CT molecular complexity index is 545. The summed E-state index contributed by atoms with van der Waals surface area (Å²) in [6.07, 6.45) is 7.09. The lowest BCUT2D eigenvalue weighted by Gasteiger charge is -2.08. The van der Waals surface area contributed by atoms with Crippen molar-refractivity contribution in [2.75, 3.05) is 6.61 Å². The van der Waals surface area contributed by atoms with Gasteiger partial charge in [0.15, 0.2) is 0 Å². The summed E-state index contributed by atoms with van der Waals surface area (Å²) in [5.74, 6) is 0.504. The van der Waals surface area contributed by atoms with E-state index in [1.54, 1.807) is 24.7 Å². The zero-order valence-electron chi connectivity index (χ0n) is 10.5. The maximum atomic E-state index is 5.63. The van der Waals surface area contributed by atoms with Crippen LogP contribution in [0.4, 0.5) is 0 Å². The summed E-state index contributed by atoms with van der Waals surface area (Å²) in [6, 6.07) is 7.61. The van der Waals surface area contributed by atoms with Crippen molar-refractivity contribution in [2.24, 2.45) is 5.73 Å². The molecule has 2 aromatic rings. The topological polar surface area (TPSA) is 61.0 Å². The summed E-state index contributed by atoms with van der Waals surface area (Å²) in [5.41, 5.74) is 7.54. The van der Waals surface area contributed by atoms with Crippen LogP contribution in [0.1, 0.15) is 17.5 Å². The fraction of sp³-hybridized carbons (Fsp3) is 0.214. The van der Waals surface area contributed by atoms with E-state index in [1.807, 2.05) is 18.2 Å². The fourth-order valence-corrected chi connectivity index (χ4v) is 1.84. The number of hydrogen-bond donors (Lipinski definition) is 1. The Morgan fingerprint density at radius 3 is 2.74 bits per heavy atom. The number of ether oxygens (including phenoxy) is 1. The average molecular weight is 273 g/mol. The van der Waals surface area contributed by atoms with E-state index in [0.29, 0.717) is 23.0 Å².